The highest BCUT2D eigenvalue weighted by Gasteiger charge is 2.36. The summed E-state index contributed by atoms with van der Waals surface area (Å²) >= 11 is 0. The van der Waals surface area contributed by atoms with Crippen molar-refractivity contribution in [1.82, 2.24) is 4.57 Å². The minimum atomic E-state index is -0.102. The van der Waals surface area contributed by atoms with Crippen molar-refractivity contribution >= 4 is 9.84 Å². The van der Waals surface area contributed by atoms with Gasteiger partial charge in [-0.2, -0.15) is 0 Å². The molecule has 0 saturated carbocycles. The topological polar surface area (TPSA) is 3.24 Å². The van der Waals surface area contributed by atoms with Crippen molar-refractivity contribution in [3.05, 3.63) is 0 Å². The van der Waals surface area contributed by atoms with Gasteiger partial charge in [0.1, 0.15) is 0 Å². The summed E-state index contributed by atoms with van der Waals surface area (Å²) in [5.41, 5.74) is 0. The molecule has 1 rings (SSSR count). The molecule has 1 saturated heterocycles. The Bertz CT molecular complexity index is 194. The first-order valence-electron chi connectivity index (χ1n) is 6.54. The lowest BCUT2D eigenvalue weighted by Gasteiger charge is -2.48. The Morgan fingerprint density at radius 1 is 1.27 bits per heavy atom. The molecule has 1 heterocycles. The summed E-state index contributed by atoms with van der Waals surface area (Å²) in [4.78, 5) is 0. The number of hydrogen-bond acceptors (Lipinski definition) is 1. The van der Waals surface area contributed by atoms with E-state index in [0.29, 0.717) is 0 Å². The summed E-state index contributed by atoms with van der Waals surface area (Å²) in [7, 11) is 4.75. The molecule has 90 valence electrons. The molecule has 2 unspecified atom stereocenters. The zero-order valence-corrected chi connectivity index (χ0v) is 12.7. The maximum absolute atomic E-state index is 2.82. The SMILES string of the molecule is CCCCCN1[SiH2][N+](C)(C)C(C)CC1C. The lowest BCUT2D eigenvalue weighted by molar-refractivity contribution is -0.814. The van der Waals surface area contributed by atoms with E-state index < -0.39 is 0 Å². The van der Waals surface area contributed by atoms with E-state index in [0.717, 1.165) is 12.1 Å². The predicted molar refractivity (Wildman–Crippen MR) is 70.4 cm³/mol. The molecule has 1 aliphatic heterocycles. The fraction of sp³-hybridized carbons (Fsp3) is 1.00. The molecule has 0 radical (unpaired) electrons. The Morgan fingerprint density at radius 2 is 1.93 bits per heavy atom. The van der Waals surface area contributed by atoms with Gasteiger partial charge in [-0.1, -0.05) is 19.8 Å². The first kappa shape index (κ1) is 13.2. The van der Waals surface area contributed by atoms with Crippen molar-refractivity contribution < 1.29 is 4.15 Å². The molecule has 2 atom stereocenters. The predicted octanol–water partition coefficient (Wildman–Crippen LogP) is 1.73. The fourth-order valence-electron chi connectivity index (χ4n) is 2.53. The summed E-state index contributed by atoms with van der Waals surface area (Å²) < 4.78 is 4.12. The van der Waals surface area contributed by atoms with Crippen LogP contribution in [0.4, 0.5) is 0 Å². The molecule has 1 fully saturated rings. The monoisotopic (exact) mass is 229 g/mol. The average molecular weight is 229 g/mol. The van der Waals surface area contributed by atoms with Crippen LogP contribution in [0.1, 0.15) is 46.5 Å². The average Bonchev–Trinajstić information content (AvgIpc) is 2.14. The molecule has 0 spiro atoms. The molecule has 2 nitrogen and oxygen atoms in total. The van der Waals surface area contributed by atoms with Gasteiger partial charge in [0.05, 0.1) is 20.1 Å². The van der Waals surface area contributed by atoms with Gasteiger partial charge in [-0.3, -0.25) is 4.57 Å². The van der Waals surface area contributed by atoms with E-state index in [2.05, 4.69) is 39.4 Å². The Balaban J connectivity index is 2.43. The van der Waals surface area contributed by atoms with Crippen LogP contribution >= 0.6 is 0 Å². The summed E-state index contributed by atoms with van der Waals surface area (Å²) in [5.74, 6) is 0. The van der Waals surface area contributed by atoms with Crippen LogP contribution in [0.15, 0.2) is 0 Å². The van der Waals surface area contributed by atoms with Gasteiger partial charge in [0.2, 0.25) is 0 Å². The molecule has 0 aromatic rings. The van der Waals surface area contributed by atoms with E-state index in [4.69, 9.17) is 0 Å². The van der Waals surface area contributed by atoms with Gasteiger partial charge in [-0.15, -0.1) is 0 Å². The van der Waals surface area contributed by atoms with Crippen molar-refractivity contribution in [2.45, 2.75) is 58.5 Å². The minimum absolute atomic E-state index is 0.102. The Morgan fingerprint density at radius 3 is 2.53 bits per heavy atom. The van der Waals surface area contributed by atoms with Crippen LogP contribution in [-0.2, 0) is 0 Å². The second-order valence-electron chi connectivity index (χ2n) is 5.87. The highest BCUT2D eigenvalue weighted by molar-refractivity contribution is 6.23. The first-order chi connectivity index (χ1) is 6.97. The number of unbranched alkanes of at least 4 members (excludes halogenated alkanes) is 2. The van der Waals surface area contributed by atoms with Crippen LogP contribution in [0.25, 0.3) is 0 Å². The van der Waals surface area contributed by atoms with Gasteiger partial charge in [0, 0.05) is 12.5 Å². The largest absolute Gasteiger partial charge is 0.378 e. The van der Waals surface area contributed by atoms with Gasteiger partial charge in [0.15, 0.2) is 0 Å². The number of quaternary nitrogens is 1. The highest BCUT2D eigenvalue weighted by atomic mass is 28.2. The lowest BCUT2D eigenvalue weighted by atomic mass is 10.1. The molecule has 3 heteroatoms. The molecule has 1 aliphatic rings. The Hall–Kier alpha value is 0.137. The third-order valence-corrected chi connectivity index (χ3v) is 6.75. The molecule has 0 bridgehead atoms. The molecule has 0 aromatic carbocycles. The highest BCUT2D eigenvalue weighted by Crippen LogP contribution is 2.22. The summed E-state index contributed by atoms with van der Waals surface area (Å²) in [5, 5.41) is 0. The standard InChI is InChI=1S/C12H29N2Si/c1-6-7-8-9-13-11(2)10-12(3)14(4,5)15-13/h11-12H,6-10,15H2,1-5H3/q+1. The quantitative estimate of drug-likeness (QED) is 0.524. The van der Waals surface area contributed by atoms with E-state index in [9.17, 15) is 0 Å². The number of hydrogen-bond donors (Lipinski definition) is 0. The first-order valence-corrected chi connectivity index (χ1v) is 7.80. The van der Waals surface area contributed by atoms with Crippen molar-refractivity contribution in [3.63, 3.8) is 0 Å². The van der Waals surface area contributed by atoms with E-state index in [-0.39, 0.29) is 9.84 Å². The van der Waals surface area contributed by atoms with Crippen molar-refractivity contribution in [1.29, 1.82) is 0 Å². The van der Waals surface area contributed by atoms with Crippen LogP contribution in [-0.4, -0.2) is 51.3 Å². The fourth-order valence-corrected chi connectivity index (χ4v) is 4.69. The number of nitrogens with zero attached hydrogens (tertiary/aromatic N) is 2. The van der Waals surface area contributed by atoms with Crippen molar-refractivity contribution in [3.8, 4) is 0 Å². The Labute approximate surface area is 98.2 Å². The zero-order chi connectivity index (χ0) is 11.5. The van der Waals surface area contributed by atoms with E-state index >= 15 is 0 Å². The molecule has 15 heavy (non-hydrogen) atoms. The smallest absolute Gasteiger partial charge is 0.338 e. The molecule has 0 aromatic heterocycles. The van der Waals surface area contributed by atoms with Crippen LogP contribution in [0.2, 0.25) is 0 Å². The van der Waals surface area contributed by atoms with Gasteiger partial charge in [-0.05, 0) is 26.8 Å². The summed E-state index contributed by atoms with van der Waals surface area (Å²) in [6.45, 7) is 8.50. The van der Waals surface area contributed by atoms with Gasteiger partial charge in [-0.25, -0.2) is 0 Å². The van der Waals surface area contributed by atoms with Crippen LogP contribution < -0.4 is 0 Å². The maximum Gasteiger partial charge on any atom is 0.338 e. The maximum atomic E-state index is 2.82. The van der Waals surface area contributed by atoms with Crippen LogP contribution in [0.5, 0.6) is 0 Å². The third-order valence-electron chi connectivity index (χ3n) is 4.09. The second-order valence-corrected chi connectivity index (χ2v) is 8.60. The molecular weight excluding hydrogens is 200 g/mol. The van der Waals surface area contributed by atoms with Gasteiger partial charge in [0.25, 0.3) is 0 Å². The summed E-state index contributed by atoms with van der Waals surface area (Å²) in [6.07, 6.45) is 5.54. The van der Waals surface area contributed by atoms with Crippen LogP contribution in [0, 0.1) is 0 Å². The summed E-state index contributed by atoms with van der Waals surface area (Å²) in [6, 6.07) is 1.71. The third kappa shape index (κ3) is 3.57. The Kier molecular flexibility index (Phi) is 4.81. The number of rotatable bonds is 4. The van der Waals surface area contributed by atoms with Crippen molar-refractivity contribution in [2.75, 3.05) is 20.6 Å². The minimum Gasteiger partial charge on any atom is -0.378 e. The molecule has 0 N–H and O–H groups in total. The lowest BCUT2D eigenvalue weighted by Crippen LogP contribution is -2.64. The van der Waals surface area contributed by atoms with E-state index in [1.807, 2.05) is 0 Å². The second kappa shape index (κ2) is 5.46. The van der Waals surface area contributed by atoms with Gasteiger partial charge >= 0.3 is 9.84 Å². The van der Waals surface area contributed by atoms with E-state index in [1.54, 1.807) is 0 Å². The van der Waals surface area contributed by atoms with Crippen LogP contribution in [0.3, 0.4) is 0 Å². The van der Waals surface area contributed by atoms with Crippen molar-refractivity contribution in [2.24, 2.45) is 0 Å². The molecule has 0 amide bonds. The normalized spacial score (nSPS) is 33.4. The molecular formula is C12H29N2Si+. The molecule has 0 aliphatic carbocycles. The van der Waals surface area contributed by atoms with Gasteiger partial charge < -0.3 is 4.15 Å². The zero-order valence-electron chi connectivity index (χ0n) is 11.3. The van der Waals surface area contributed by atoms with E-state index in [1.165, 1.54) is 36.4 Å².